The average molecular weight is 270 g/mol. The van der Waals surface area contributed by atoms with E-state index in [4.69, 9.17) is 5.73 Å². The van der Waals surface area contributed by atoms with Gasteiger partial charge in [0.05, 0.1) is 5.56 Å². The number of primary amides is 1. The average Bonchev–Trinajstić information content (AvgIpc) is 2.71. The molecule has 0 aliphatic heterocycles. The van der Waals surface area contributed by atoms with Crippen LogP contribution in [0, 0.1) is 0 Å². The Labute approximate surface area is 105 Å². The third-order valence-corrected chi connectivity index (χ3v) is 2.45. The Hall–Kier alpha value is -2.38. The summed E-state index contributed by atoms with van der Waals surface area (Å²) in [5.74, 6) is -0.883. The highest BCUT2D eigenvalue weighted by atomic mass is 19.4. The molecule has 0 aromatic carbocycles. The van der Waals surface area contributed by atoms with E-state index in [1.54, 1.807) is 6.92 Å². The molecule has 2 N–H and O–H groups in total. The first-order valence-corrected chi connectivity index (χ1v) is 5.24. The number of halogens is 3. The summed E-state index contributed by atoms with van der Waals surface area (Å²) in [7, 11) is 0. The standard InChI is InChI=1S/C11H9F3N4O/c1-2-3-8-16-17-10-6(9(15)19)4-5-7(18(8)10)11(12,13)14/h2-5H,1H3,(H2,15,19). The molecule has 0 saturated heterocycles. The maximum atomic E-state index is 12.9. The van der Waals surface area contributed by atoms with E-state index in [1.807, 2.05) is 0 Å². The molecule has 5 nitrogen and oxygen atoms in total. The Morgan fingerprint density at radius 1 is 1.37 bits per heavy atom. The van der Waals surface area contributed by atoms with Crippen LogP contribution in [0.4, 0.5) is 13.2 Å². The van der Waals surface area contributed by atoms with Crippen LogP contribution in [0.15, 0.2) is 18.2 Å². The van der Waals surface area contributed by atoms with E-state index in [-0.39, 0.29) is 17.0 Å². The van der Waals surface area contributed by atoms with Crippen molar-refractivity contribution in [2.45, 2.75) is 13.1 Å². The second-order valence-electron chi connectivity index (χ2n) is 3.71. The van der Waals surface area contributed by atoms with Gasteiger partial charge in [-0.1, -0.05) is 6.08 Å². The topological polar surface area (TPSA) is 73.3 Å². The van der Waals surface area contributed by atoms with Crippen molar-refractivity contribution in [3.05, 3.63) is 35.3 Å². The molecule has 0 saturated carbocycles. The summed E-state index contributed by atoms with van der Waals surface area (Å²) in [5.41, 5.74) is 3.81. The normalized spacial score (nSPS) is 12.4. The number of amides is 1. The number of nitrogens with zero attached hydrogens (tertiary/aromatic N) is 3. The van der Waals surface area contributed by atoms with E-state index in [0.29, 0.717) is 0 Å². The van der Waals surface area contributed by atoms with Crippen LogP contribution in [0.1, 0.15) is 28.8 Å². The molecule has 2 rings (SSSR count). The Kier molecular flexibility index (Phi) is 3.01. The summed E-state index contributed by atoms with van der Waals surface area (Å²) >= 11 is 0. The summed E-state index contributed by atoms with van der Waals surface area (Å²) in [6.45, 7) is 1.63. The van der Waals surface area contributed by atoms with Crippen molar-refractivity contribution in [2.24, 2.45) is 5.73 Å². The zero-order valence-electron chi connectivity index (χ0n) is 9.77. The van der Waals surface area contributed by atoms with E-state index < -0.39 is 17.8 Å². The molecule has 0 atom stereocenters. The number of nitrogens with two attached hydrogens (primary N) is 1. The lowest BCUT2D eigenvalue weighted by atomic mass is 10.2. The molecule has 0 spiro atoms. The van der Waals surface area contributed by atoms with Gasteiger partial charge in [0.15, 0.2) is 11.5 Å². The molecule has 8 heteroatoms. The fraction of sp³-hybridized carbons (Fsp3) is 0.182. The van der Waals surface area contributed by atoms with Crippen LogP contribution in [0.5, 0.6) is 0 Å². The summed E-state index contributed by atoms with van der Waals surface area (Å²) in [6, 6.07) is 1.78. The van der Waals surface area contributed by atoms with Crippen molar-refractivity contribution in [2.75, 3.05) is 0 Å². The van der Waals surface area contributed by atoms with Crippen LogP contribution in [0.2, 0.25) is 0 Å². The van der Waals surface area contributed by atoms with Crippen LogP contribution < -0.4 is 5.73 Å². The summed E-state index contributed by atoms with van der Waals surface area (Å²) < 4.78 is 39.6. The third-order valence-electron chi connectivity index (χ3n) is 2.45. The van der Waals surface area contributed by atoms with Gasteiger partial charge >= 0.3 is 6.18 Å². The van der Waals surface area contributed by atoms with E-state index in [9.17, 15) is 18.0 Å². The number of carbonyl (C=O) groups excluding carboxylic acids is 1. The summed E-state index contributed by atoms with van der Waals surface area (Å²) in [6.07, 6.45) is -1.71. The molecule has 19 heavy (non-hydrogen) atoms. The lowest BCUT2D eigenvalue weighted by Crippen LogP contribution is -2.17. The van der Waals surface area contributed by atoms with Crippen molar-refractivity contribution in [1.82, 2.24) is 14.6 Å². The number of rotatable bonds is 2. The monoisotopic (exact) mass is 270 g/mol. The molecule has 100 valence electrons. The van der Waals surface area contributed by atoms with Gasteiger partial charge in [0.2, 0.25) is 0 Å². The molecular weight excluding hydrogens is 261 g/mol. The molecule has 2 aromatic rings. The number of alkyl halides is 3. The highest BCUT2D eigenvalue weighted by molar-refractivity contribution is 5.98. The van der Waals surface area contributed by atoms with E-state index in [0.717, 1.165) is 16.5 Å². The van der Waals surface area contributed by atoms with E-state index in [2.05, 4.69) is 10.2 Å². The van der Waals surface area contributed by atoms with Crippen LogP contribution in [-0.4, -0.2) is 20.5 Å². The first-order valence-electron chi connectivity index (χ1n) is 5.24. The van der Waals surface area contributed by atoms with Gasteiger partial charge in [-0.05, 0) is 25.1 Å². The number of allylic oxidation sites excluding steroid dienone is 1. The van der Waals surface area contributed by atoms with Gasteiger partial charge in [-0.25, -0.2) is 0 Å². The van der Waals surface area contributed by atoms with Gasteiger partial charge in [-0.2, -0.15) is 13.2 Å². The zero-order chi connectivity index (χ0) is 14.2. The minimum atomic E-state index is -4.59. The highest BCUT2D eigenvalue weighted by Crippen LogP contribution is 2.31. The van der Waals surface area contributed by atoms with Crippen LogP contribution in [0.25, 0.3) is 11.7 Å². The smallest absolute Gasteiger partial charge is 0.365 e. The molecule has 2 heterocycles. The predicted octanol–water partition coefficient (Wildman–Crippen LogP) is 1.88. The maximum absolute atomic E-state index is 12.9. The number of pyridine rings is 1. The Morgan fingerprint density at radius 2 is 2.05 bits per heavy atom. The van der Waals surface area contributed by atoms with Crippen LogP contribution in [0.3, 0.4) is 0 Å². The van der Waals surface area contributed by atoms with Crippen molar-refractivity contribution in [1.29, 1.82) is 0 Å². The Bertz CT molecular complexity index is 672. The maximum Gasteiger partial charge on any atom is 0.431 e. The lowest BCUT2D eigenvalue weighted by molar-refractivity contribution is -0.142. The summed E-state index contributed by atoms with van der Waals surface area (Å²) in [4.78, 5) is 11.2. The molecule has 0 bridgehead atoms. The van der Waals surface area contributed by atoms with Gasteiger partial charge in [-0.15, -0.1) is 10.2 Å². The van der Waals surface area contributed by atoms with E-state index in [1.165, 1.54) is 12.2 Å². The molecule has 0 unspecified atom stereocenters. The fourth-order valence-electron chi connectivity index (χ4n) is 1.69. The van der Waals surface area contributed by atoms with Crippen molar-refractivity contribution in [3.63, 3.8) is 0 Å². The molecule has 0 aliphatic rings. The number of hydrogen-bond acceptors (Lipinski definition) is 3. The fourth-order valence-corrected chi connectivity index (χ4v) is 1.69. The minimum absolute atomic E-state index is 0.0204. The number of fused-ring (bicyclic) bond motifs is 1. The highest BCUT2D eigenvalue weighted by Gasteiger charge is 2.35. The largest absolute Gasteiger partial charge is 0.431 e. The molecule has 0 aliphatic carbocycles. The van der Waals surface area contributed by atoms with Gasteiger partial charge in [0, 0.05) is 0 Å². The molecule has 2 aromatic heterocycles. The van der Waals surface area contributed by atoms with Crippen molar-refractivity contribution < 1.29 is 18.0 Å². The lowest BCUT2D eigenvalue weighted by Gasteiger charge is -2.11. The zero-order valence-corrected chi connectivity index (χ0v) is 9.77. The number of carbonyl (C=O) groups is 1. The first-order chi connectivity index (χ1) is 8.86. The molecule has 0 radical (unpaired) electrons. The second-order valence-corrected chi connectivity index (χ2v) is 3.71. The molecule has 1 amide bonds. The predicted molar refractivity (Wildman–Crippen MR) is 61.2 cm³/mol. The first kappa shape index (κ1) is 13.1. The van der Waals surface area contributed by atoms with Crippen LogP contribution >= 0.6 is 0 Å². The number of hydrogen-bond donors (Lipinski definition) is 1. The quantitative estimate of drug-likeness (QED) is 0.905. The summed E-state index contributed by atoms with van der Waals surface area (Å²) in [5, 5.41) is 7.21. The van der Waals surface area contributed by atoms with Gasteiger partial charge < -0.3 is 5.73 Å². The molecular formula is C11H9F3N4O. The second kappa shape index (κ2) is 4.38. The van der Waals surface area contributed by atoms with E-state index >= 15 is 0 Å². The van der Waals surface area contributed by atoms with Gasteiger partial charge in [0.25, 0.3) is 5.91 Å². The van der Waals surface area contributed by atoms with Crippen LogP contribution in [-0.2, 0) is 6.18 Å². The van der Waals surface area contributed by atoms with Gasteiger partial charge in [-0.3, -0.25) is 9.20 Å². The van der Waals surface area contributed by atoms with Crippen molar-refractivity contribution >= 4 is 17.6 Å². The SMILES string of the molecule is CC=Cc1nnc2c(C(N)=O)ccc(C(F)(F)F)n12. The Balaban J connectivity index is 2.89. The Morgan fingerprint density at radius 3 is 2.58 bits per heavy atom. The minimum Gasteiger partial charge on any atom is -0.365 e. The number of aromatic nitrogens is 3. The molecule has 0 fully saturated rings. The van der Waals surface area contributed by atoms with Crippen molar-refractivity contribution in [3.8, 4) is 0 Å². The third kappa shape index (κ3) is 2.16. The van der Waals surface area contributed by atoms with Gasteiger partial charge in [0.1, 0.15) is 5.69 Å².